The Balaban J connectivity index is 1.53. The van der Waals surface area contributed by atoms with Crippen molar-refractivity contribution in [2.45, 2.75) is 6.92 Å². The van der Waals surface area contributed by atoms with Crippen molar-refractivity contribution in [3.8, 4) is 0 Å². The van der Waals surface area contributed by atoms with E-state index in [1.807, 2.05) is 48.5 Å². The lowest BCUT2D eigenvalue weighted by molar-refractivity contribution is -0.114. The van der Waals surface area contributed by atoms with E-state index in [2.05, 4.69) is 25.9 Å². The molecule has 0 aliphatic carbocycles. The summed E-state index contributed by atoms with van der Waals surface area (Å²) in [5.41, 5.74) is 3.77. The highest BCUT2D eigenvalue weighted by Crippen LogP contribution is 2.23. The van der Waals surface area contributed by atoms with E-state index in [0.29, 0.717) is 17.1 Å². The summed E-state index contributed by atoms with van der Waals surface area (Å²) in [5, 5.41) is 9.79. The SMILES string of the molecule is CC(=O)Nc1cccc(Nc2ccnc(C(=O)Nc3cccc4cccnc34)c2)c1. The van der Waals surface area contributed by atoms with Crippen LogP contribution >= 0.6 is 0 Å². The second kappa shape index (κ2) is 8.40. The van der Waals surface area contributed by atoms with Crippen LogP contribution in [0.5, 0.6) is 0 Å². The molecule has 4 rings (SSSR count). The van der Waals surface area contributed by atoms with E-state index >= 15 is 0 Å². The van der Waals surface area contributed by atoms with E-state index in [1.165, 1.54) is 6.92 Å². The van der Waals surface area contributed by atoms with Gasteiger partial charge in [-0.3, -0.25) is 19.6 Å². The van der Waals surface area contributed by atoms with Gasteiger partial charge >= 0.3 is 0 Å². The molecule has 0 radical (unpaired) electrons. The summed E-state index contributed by atoms with van der Waals surface area (Å²) in [7, 11) is 0. The van der Waals surface area contributed by atoms with Gasteiger partial charge in [0, 0.05) is 41.8 Å². The first-order valence-electron chi connectivity index (χ1n) is 9.34. The van der Waals surface area contributed by atoms with Crippen molar-refractivity contribution in [3.63, 3.8) is 0 Å². The molecule has 7 heteroatoms. The first kappa shape index (κ1) is 19.1. The quantitative estimate of drug-likeness (QED) is 0.458. The Morgan fingerprint density at radius 1 is 0.767 bits per heavy atom. The minimum Gasteiger partial charge on any atom is -0.355 e. The summed E-state index contributed by atoms with van der Waals surface area (Å²) >= 11 is 0. The van der Waals surface area contributed by atoms with Crippen LogP contribution in [-0.4, -0.2) is 21.8 Å². The Hall–Kier alpha value is -4.26. The Morgan fingerprint density at radius 2 is 1.53 bits per heavy atom. The van der Waals surface area contributed by atoms with Gasteiger partial charge in [0.05, 0.1) is 11.2 Å². The van der Waals surface area contributed by atoms with Gasteiger partial charge in [0.2, 0.25) is 5.91 Å². The molecule has 0 spiro atoms. The number of carbonyl (C=O) groups excluding carboxylic acids is 2. The van der Waals surface area contributed by atoms with Gasteiger partial charge in [0.1, 0.15) is 5.69 Å². The van der Waals surface area contributed by atoms with Crippen molar-refractivity contribution in [1.29, 1.82) is 0 Å². The number of nitrogens with zero attached hydrogens (tertiary/aromatic N) is 2. The van der Waals surface area contributed by atoms with Gasteiger partial charge in [-0.25, -0.2) is 0 Å². The normalized spacial score (nSPS) is 10.4. The number of amides is 2. The zero-order chi connectivity index (χ0) is 20.9. The van der Waals surface area contributed by atoms with Gasteiger partial charge < -0.3 is 16.0 Å². The van der Waals surface area contributed by atoms with E-state index in [-0.39, 0.29) is 17.5 Å². The standard InChI is InChI=1S/C23H19N5O2/c1-15(29)26-17-7-3-8-18(13-17)27-19-10-12-24-21(14-19)23(30)28-20-9-2-5-16-6-4-11-25-22(16)20/h2-14H,1H3,(H,24,27)(H,26,29)(H,28,30). The van der Waals surface area contributed by atoms with Crippen molar-refractivity contribution in [2.75, 3.05) is 16.0 Å². The second-order valence-corrected chi connectivity index (χ2v) is 6.65. The maximum atomic E-state index is 12.8. The third-order valence-electron chi connectivity index (χ3n) is 4.35. The molecular formula is C23H19N5O2. The number of nitrogens with one attached hydrogen (secondary N) is 3. The number of rotatable bonds is 5. The summed E-state index contributed by atoms with van der Waals surface area (Å²) in [6, 6.07) is 20.1. The smallest absolute Gasteiger partial charge is 0.274 e. The molecule has 2 heterocycles. The van der Waals surface area contributed by atoms with Crippen LogP contribution in [0, 0.1) is 0 Å². The van der Waals surface area contributed by atoms with E-state index < -0.39 is 0 Å². The lowest BCUT2D eigenvalue weighted by atomic mass is 10.2. The predicted octanol–water partition coefficient (Wildman–Crippen LogP) is 4.58. The molecule has 30 heavy (non-hydrogen) atoms. The molecule has 0 aliphatic rings. The average molecular weight is 397 g/mol. The second-order valence-electron chi connectivity index (χ2n) is 6.65. The van der Waals surface area contributed by atoms with Crippen molar-refractivity contribution in [1.82, 2.24) is 9.97 Å². The van der Waals surface area contributed by atoms with E-state index in [9.17, 15) is 9.59 Å². The largest absolute Gasteiger partial charge is 0.355 e. The van der Waals surface area contributed by atoms with E-state index in [0.717, 1.165) is 16.6 Å². The molecule has 0 atom stereocenters. The topological polar surface area (TPSA) is 96.0 Å². The first-order chi connectivity index (χ1) is 14.6. The number of aromatic nitrogens is 2. The maximum absolute atomic E-state index is 12.8. The Kier molecular flexibility index (Phi) is 5.34. The first-order valence-corrected chi connectivity index (χ1v) is 9.34. The van der Waals surface area contributed by atoms with Crippen LogP contribution in [0.25, 0.3) is 10.9 Å². The average Bonchev–Trinajstić information content (AvgIpc) is 2.74. The van der Waals surface area contributed by atoms with Crippen LogP contribution in [0.3, 0.4) is 0 Å². The van der Waals surface area contributed by atoms with Crippen LogP contribution in [0.15, 0.2) is 79.1 Å². The molecular weight excluding hydrogens is 378 g/mol. The summed E-state index contributed by atoms with van der Waals surface area (Å²) in [6.45, 7) is 1.46. The van der Waals surface area contributed by atoms with Crippen molar-refractivity contribution < 1.29 is 9.59 Å². The number of hydrogen-bond donors (Lipinski definition) is 3. The van der Waals surface area contributed by atoms with Gasteiger partial charge in [0.15, 0.2) is 0 Å². The molecule has 2 aromatic heterocycles. The fraction of sp³-hybridized carbons (Fsp3) is 0.0435. The highest BCUT2D eigenvalue weighted by molar-refractivity contribution is 6.07. The highest BCUT2D eigenvalue weighted by atomic mass is 16.2. The number of carbonyl (C=O) groups is 2. The minimum atomic E-state index is -0.330. The molecule has 0 saturated heterocycles. The molecule has 0 fully saturated rings. The monoisotopic (exact) mass is 397 g/mol. The van der Waals surface area contributed by atoms with Crippen molar-refractivity contribution in [2.24, 2.45) is 0 Å². The van der Waals surface area contributed by atoms with E-state index in [4.69, 9.17) is 0 Å². The fourth-order valence-corrected chi connectivity index (χ4v) is 3.07. The van der Waals surface area contributed by atoms with Crippen LogP contribution in [-0.2, 0) is 4.79 Å². The van der Waals surface area contributed by atoms with Gasteiger partial charge in [-0.1, -0.05) is 24.3 Å². The third-order valence-corrected chi connectivity index (χ3v) is 4.35. The fourth-order valence-electron chi connectivity index (χ4n) is 3.07. The summed E-state index contributed by atoms with van der Waals surface area (Å²) in [5.74, 6) is -0.471. The Labute approximate surface area is 173 Å². The van der Waals surface area contributed by atoms with Crippen LogP contribution in [0.2, 0.25) is 0 Å². The van der Waals surface area contributed by atoms with Gasteiger partial charge in [-0.15, -0.1) is 0 Å². The molecule has 0 unspecified atom stereocenters. The molecule has 7 nitrogen and oxygen atoms in total. The lowest BCUT2D eigenvalue weighted by Crippen LogP contribution is -2.14. The van der Waals surface area contributed by atoms with Crippen LogP contribution in [0.4, 0.5) is 22.7 Å². The number of hydrogen-bond acceptors (Lipinski definition) is 5. The molecule has 3 N–H and O–H groups in total. The maximum Gasteiger partial charge on any atom is 0.274 e. The zero-order valence-electron chi connectivity index (χ0n) is 16.2. The summed E-state index contributed by atoms with van der Waals surface area (Å²) in [6.07, 6.45) is 3.26. The highest BCUT2D eigenvalue weighted by Gasteiger charge is 2.11. The molecule has 2 amide bonds. The molecule has 0 aliphatic heterocycles. The molecule has 148 valence electrons. The lowest BCUT2D eigenvalue weighted by Gasteiger charge is -2.11. The third kappa shape index (κ3) is 4.41. The molecule has 0 saturated carbocycles. The van der Waals surface area contributed by atoms with Crippen LogP contribution < -0.4 is 16.0 Å². The molecule has 2 aromatic carbocycles. The number of fused-ring (bicyclic) bond motifs is 1. The molecule has 0 bridgehead atoms. The van der Waals surface area contributed by atoms with Crippen molar-refractivity contribution in [3.05, 3.63) is 84.8 Å². The van der Waals surface area contributed by atoms with E-state index in [1.54, 1.807) is 30.6 Å². The number of benzene rings is 2. The summed E-state index contributed by atoms with van der Waals surface area (Å²) in [4.78, 5) is 32.5. The number of pyridine rings is 2. The van der Waals surface area contributed by atoms with Gasteiger partial charge in [-0.2, -0.15) is 0 Å². The van der Waals surface area contributed by atoms with Gasteiger partial charge in [0.25, 0.3) is 5.91 Å². The number of anilines is 4. The number of para-hydroxylation sites is 1. The predicted molar refractivity (Wildman–Crippen MR) is 118 cm³/mol. The van der Waals surface area contributed by atoms with Crippen molar-refractivity contribution >= 4 is 45.5 Å². The minimum absolute atomic E-state index is 0.141. The van der Waals surface area contributed by atoms with Crippen LogP contribution in [0.1, 0.15) is 17.4 Å². The zero-order valence-corrected chi connectivity index (χ0v) is 16.2. The Bertz CT molecular complexity index is 1230. The Morgan fingerprint density at radius 3 is 2.40 bits per heavy atom. The summed E-state index contributed by atoms with van der Waals surface area (Å²) < 4.78 is 0. The van der Waals surface area contributed by atoms with Gasteiger partial charge in [-0.05, 0) is 42.5 Å². The molecule has 4 aromatic rings.